The number of hydrogen-bond donors (Lipinski definition) is 1. The van der Waals surface area contributed by atoms with Crippen LogP contribution in [0.25, 0.3) is 0 Å². The lowest BCUT2D eigenvalue weighted by Gasteiger charge is -2.36. The Hall–Kier alpha value is -0.920. The minimum Gasteiger partial charge on any atom is -0.328 e. The van der Waals surface area contributed by atoms with Crippen LogP contribution >= 0.6 is 0 Å². The molecule has 2 N–H and O–H groups in total. The van der Waals surface area contributed by atoms with Crippen LogP contribution in [0.2, 0.25) is 0 Å². The summed E-state index contributed by atoms with van der Waals surface area (Å²) >= 11 is 0. The summed E-state index contributed by atoms with van der Waals surface area (Å²) in [5.74, 6) is 0. The van der Waals surface area contributed by atoms with Crippen molar-refractivity contribution in [1.82, 2.24) is 14.1 Å². The zero-order valence-corrected chi connectivity index (χ0v) is 13.0. The Morgan fingerprint density at radius 1 is 1.20 bits per heavy atom. The highest BCUT2D eigenvalue weighted by molar-refractivity contribution is 7.89. The molecular weight excluding hydrogens is 276 g/mol. The molecule has 0 amide bonds. The maximum absolute atomic E-state index is 13.0. The molecule has 1 aromatic rings. The van der Waals surface area contributed by atoms with Crippen molar-refractivity contribution in [3.05, 3.63) is 11.4 Å². The quantitative estimate of drug-likeness (QED) is 0.870. The average Bonchev–Trinajstić information content (AvgIpc) is 2.76. The van der Waals surface area contributed by atoms with E-state index in [2.05, 4.69) is 5.10 Å². The molecule has 0 radical (unpaired) electrons. The highest BCUT2D eigenvalue weighted by atomic mass is 32.2. The number of fused-ring (bicyclic) bond motifs is 2. The van der Waals surface area contributed by atoms with Crippen LogP contribution in [0.15, 0.2) is 4.90 Å². The second-order valence-electron chi connectivity index (χ2n) is 6.07. The Morgan fingerprint density at radius 3 is 2.20 bits per heavy atom. The predicted molar refractivity (Wildman–Crippen MR) is 75.7 cm³/mol. The van der Waals surface area contributed by atoms with Gasteiger partial charge in [-0.1, -0.05) is 0 Å². The fourth-order valence-corrected chi connectivity index (χ4v) is 6.10. The molecule has 0 spiro atoms. The third-order valence-corrected chi connectivity index (χ3v) is 6.94. The van der Waals surface area contributed by atoms with Crippen LogP contribution in [0, 0.1) is 13.8 Å². The third kappa shape index (κ3) is 1.91. The zero-order valence-electron chi connectivity index (χ0n) is 12.2. The molecule has 2 bridgehead atoms. The molecule has 2 unspecified atom stereocenters. The molecule has 2 saturated heterocycles. The van der Waals surface area contributed by atoms with Crippen LogP contribution in [-0.2, 0) is 17.1 Å². The number of aromatic nitrogens is 2. The van der Waals surface area contributed by atoms with Gasteiger partial charge in [-0.25, -0.2) is 8.42 Å². The van der Waals surface area contributed by atoms with Gasteiger partial charge in [-0.05, 0) is 39.5 Å². The van der Waals surface area contributed by atoms with E-state index in [0.29, 0.717) is 16.3 Å². The van der Waals surface area contributed by atoms with Crippen LogP contribution in [-0.4, -0.2) is 40.6 Å². The number of rotatable bonds is 2. The fraction of sp³-hybridized carbons (Fsp3) is 0.769. The Morgan fingerprint density at radius 2 is 1.75 bits per heavy atom. The minimum absolute atomic E-state index is 0.0627. The Bertz CT molecular complexity index is 623. The van der Waals surface area contributed by atoms with Gasteiger partial charge in [0.25, 0.3) is 0 Å². The molecule has 1 aromatic heterocycles. The molecule has 2 fully saturated rings. The van der Waals surface area contributed by atoms with E-state index < -0.39 is 10.0 Å². The van der Waals surface area contributed by atoms with Gasteiger partial charge in [0.2, 0.25) is 10.0 Å². The lowest BCUT2D eigenvalue weighted by Crippen LogP contribution is -2.50. The van der Waals surface area contributed by atoms with Gasteiger partial charge in [-0.15, -0.1) is 0 Å². The van der Waals surface area contributed by atoms with Crippen molar-refractivity contribution in [2.24, 2.45) is 12.8 Å². The van der Waals surface area contributed by atoms with E-state index in [9.17, 15) is 8.42 Å². The summed E-state index contributed by atoms with van der Waals surface area (Å²) in [6.07, 6.45) is 3.40. The summed E-state index contributed by atoms with van der Waals surface area (Å²) in [5, 5.41) is 4.24. The molecule has 2 aliphatic rings. The molecule has 0 aromatic carbocycles. The lowest BCUT2D eigenvalue weighted by atomic mass is 10.0. The highest BCUT2D eigenvalue weighted by Crippen LogP contribution is 2.40. The predicted octanol–water partition coefficient (Wildman–Crippen LogP) is 0.680. The van der Waals surface area contributed by atoms with E-state index >= 15 is 0 Å². The van der Waals surface area contributed by atoms with Gasteiger partial charge >= 0.3 is 0 Å². The first-order valence-electron chi connectivity index (χ1n) is 7.11. The second kappa shape index (κ2) is 4.54. The van der Waals surface area contributed by atoms with Crippen LogP contribution < -0.4 is 5.73 Å². The van der Waals surface area contributed by atoms with E-state index in [1.54, 1.807) is 23.0 Å². The molecule has 2 atom stereocenters. The van der Waals surface area contributed by atoms with Crippen LogP contribution in [0.4, 0.5) is 0 Å². The van der Waals surface area contributed by atoms with Crippen molar-refractivity contribution in [3.8, 4) is 0 Å². The van der Waals surface area contributed by atoms with Crippen LogP contribution in [0.5, 0.6) is 0 Å². The molecule has 7 heteroatoms. The number of hydrogen-bond acceptors (Lipinski definition) is 4. The Kier molecular flexibility index (Phi) is 3.19. The molecule has 20 heavy (non-hydrogen) atoms. The first-order chi connectivity index (χ1) is 9.32. The van der Waals surface area contributed by atoms with Gasteiger partial charge in [0, 0.05) is 25.2 Å². The first kappa shape index (κ1) is 14.0. The lowest BCUT2D eigenvalue weighted by molar-refractivity contribution is 0.227. The molecule has 3 rings (SSSR count). The number of nitrogens with zero attached hydrogens (tertiary/aromatic N) is 3. The maximum Gasteiger partial charge on any atom is 0.247 e. The topological polar surface area (TPSA) is 81.2 Å². The maximum atomic E-state index is 13.0. The third-order valence-electron chi connectivity index (χ3n) is 4.68. The van der Waals surface area contributed by atoms with Gasteiger partial charge < -0.3 is 5.73 Å². The van der Waals surface area contributed by atoms with E-state index in [0.717, 1.165) is 25.7 Å². The fourth-order valence-electron chi connectivity index (χ4n) is 3.80. The minimum atomic E-state index is -3.47. The van der Waals surface area contributed by atoms with Crippen molar-refractivity contribution < 1.29 is 8.42 Å². The number of piperidine rings is 1. The van der Waals surface area contributed by atoms with E-state index in [1.165, 1.54) is 0 Å². The molecular formula is C13H22N4O2S. The summed E-state index contributed by atoms with van der Waals surface area (Å²) in [4.78, 5) is 0.382. The molecule has 0 aliphatic carbocycles. The van der Waals surface area contributed by atoms with Gasteiger partial charge in [0.1, 0.15) is 4.90 Å². The average molecular weight is 298 g/mol. The second-order valence-corrected chi connectivity index (χ2v) is 7.86. The standard InChI is InChI=1S/C13H22N4O2S/c1-8-13(9(2)16(3)15-8)20(18,19)17-11-4-5-12(17)7-10(14)6-11/h10-12H,4-7,14H2,1-3H3. The van der Waals surface area contributed by atoms with Gasteiger partial charge in [0.15, 0.2) is 0 Å². The summed E-state index contributed by atoms with van der Waals surface area (Å²) < 4.78 is 29.4. The number of sulfonamides is 1. The van der Waals surface area contributed by atoms with Gasteiger partial charge in [0.05, 0.1) is 11.4 Å². The number of aryl methyl sites for hydroxylation is 2. The van der Waals surface area contributed by atoms with E-state index in [4.69, 9.17) is 5.73 Å². The SMILES string of the molecule is Cc1nn(C)c(C)c1S(=O)(=O)N1C2CCC1CC(N)C2. The van der Waals surface area contributed by atoms with Crippen molar-refractivity contribution in [1.29, 1.82) is 0 Å². The molecule has 2 aliphatic heterocycles. The van der Waals surface area contributed by atoms with Gasteiger partial charge in [-0.2, -0.15) is 9.40 Å². The van der Waals surface area contributed by atoms with Crippen LogP contribution in [0.3, 0.4) is 0 Å². The molecule has 0 saturated carbocycles. The van der Waals surface area contributed by atoms with E-state index in [1.807, 2.05) is 6.92 Å². The largest absolute Gasteiger partial charge is 0.328 e. The summed E-state index contributed by atoms with van der Waals surface area (Å²) in [7, 11) is -1.69. The van der Waals surface area contributed by atoms with E-state index in [-0.39, 0.29) is 18.1 Å². The zero-order chi connectivity index (χ0) is 14.7. The summed E-state index contributed by atoms with van der Waals surface area (Å²) in [6, 6.07) is 0.260. The summed E-state index contributed by atoms with van der Waals surface area (Å²) in [5.41, 5.74) is 7.31. The van der Waals surface area contributed by atoms with Crippen molar-refractivity contribution in [3.63, 3.8) is 0 Å². The summed E-state index contributed by atoms with van der Waals surface area (Å²) in [6.45, 7) is 3.57. The molecule has 6 nitrogen and oxygen atoms in total. The van der Waals surface area contributed by atoms with Crippen LogP contribution in [0.1, 0.15) is 37.1 Å². The van der Waals surface area contributed by atoms with Crippen molar-refractivity contribution in [2.75, 3.05) is 0 Å². The van der Waals surface area contributed by atoms with Gasteiger partial charge in [-0.3, -0.25) is 4.68 Å². The normalized spacial score (nSPS) is 30.9. The van der Waals surface area contributed by atoms with Crippen molar-refractivity contribution >= 4 is 10.0 Å². The Labute approximate surface area is 120 Å². The monoisotopic (exact) mass is 298 g/mol. The molecule has 3 heterocycles. The molecule has 112 valence electrons. The van der Waals surface area contributed by atoms with Crippen molar-refractivity contribution in [2.45, 2.75) is 62.6 Å². The highest BCUT2D eigenvalue weighted by Gasteiger charge is 2.47. The smallest absolute Gasteiger partial charge is 0.247 e. The Balaban J connectivity index is 2.05. The first-order valence-corrected chi connectivity index (χ1v) is 8.55. The number of nitrogens with two attached hydrogens (primary N) is 1.